The standard InChI is InChI=1S/C48H56O10P2.C24H31O3P/c1-27-19-31(5)41(32(6)20-27)45(51)59(55,46(52)42-33(7)21-28(2)22-34(42)8)17-13-39(49)57-15-16-58-40(50)14-18-60(56,47(53)43-35(9)23-29(3)24-36(43)10)48(54)44-37(11)25-30(4)26-38(44)12;1-8-9-10-28(27,23(25)21-17(4)11-15(2)12-18(21)5)24(26)22-19(6)13-16(3)14-20(22)7/h19-26H,13-18H2,1-12H3;11-14H,8-10H2,1-7H3. The van der Waals surface area contributed by atoms with Crippen molar-refractivity contribution in [2.45, 2.75) is 157 Å². The van der Waals surface area contributed by atoms with Crippen molar-refractivity contribution in [1.82, 2.24) is 0 Å². The third-order valence-electron chi connectivity index (χ3n) is 16.0. The first-order valence-corrected chi connectivity index (χ1v) is 35.5. The van der Waals surface area contributed by atoms with E-state index in [1.807, 2.05) is 100 Å². The molecular weight excluding hydrogens is 1170 g/mol. The summed E-state index contributed by atoms with van der Waals surface area (Å²) in [5.74, 6) is -1.73. The highest BCUT2D eigenvalue weighted by atomic mass is 31.2. The van der Waals surface area contributed by atoms with Gasteiger partial charge in [-0.25, -0.2) is 0 Å². The summed E-state index contributed by atoms with van der Waals surface area (Å²) in [6.45, 7) is 33.7. The molecule has 0 aliphatic rings. The van der Waals surface area contributed by atoms with E-state index in [-0.39, 0.29) is 28.4 Å². The Kier molecular flexibility index (Phi) is 24.1. The predicted molar refractivity (Wildman–Crippen MR) is 353 cm³/mol. The third kappa shape index (κ3) is 16.0. The number of carbonyl (C=O) groups is 8. The van der Waals surface area contributed by atoms with E-state index < -0.39 is 105 Å². The lowest BCUT2D eigenvalue weighted by Gasteiger charge is -2.21. The average molecular weight is 1250 g/mol. The fraction of sp³-hybridized carbons (Fsp3) is 0.389. The smallest absolute Gasteiger partial charge is 0.306 e. The van der Waals surface area contributed by atoms with Crippen molar-refractivity contribution in [3.05, 3.63) is 206 Å². The molecule has 6 aromatic rings. The molecule has 0 saturated heterocycles. The Labute approximate surface area is 520 Å². The number of carbonyl (C=O) groups excluding carboxylic acids is 8. The summed E-state index contributed by atoms with van der Waals surface area (Å²) in [7, 11) is -12.7. The van der Waals surface area contributed by atoms with E-state index in [1.165, 1.54) is 0 Å². The summed E-state index contributed by atoms with van der Waals surface area (Å²) in [4.78, 5) is 110. The van der Waals surface area contributed by atoms with E-state index in [0.717, 1.165) is 62.1 Å². The van der Waals surface area contributed by atoms with Crippen molar-refractivity contribution in [2.75, 3.05) is 31.7 Å². The number of esters is 2. The zero-order chi connectivity index (χ0) is 66.2. The fourth-order valence-corrected chi connectivity index (χ4v) is 20.2. The van der Waals surface area contributed by atoms with Crippen molar-refractivity contribution >= 4 is 66.5 Å². The monoisotopic (exact) mass is 1250 g/mol. The van der Waals surface area contributed by atoms with Crippen LogP contribution in [0.2, 0.25) is 0 Å². The first-order valence-electron chi connectivity index (χ1n) is 29.8. The fourth-order valence-electron chi connectivity index (χ4n) is 12.4. The topological polar surface area (TPSA) is 206 Å². The van der Waals surface area contributed by atoms with Gasteiger partial charge >= 0.3 is 11.9 Å². The van der Waals surface area contributed by atoms with Crippen LogP contribution in [-0.2, 0) is 32.8 Å². The Bertz CT molecular complexity index is 3460. The van der Waals surface area contributed by atoms with Gasteiger partial charge in [0.05, 0.1) is 12.8 Å². The van der Waals surface area contributed by atoms with Gasteiger partial charge in [-0.05, 0) is 198 Å². The Hall–Kier alpha value is -7.03. The Morgan fingerprint density at radius 2 is 0.443 bits per heavy atom. The lowest BCUT2D eigenvalue weighted by atomic mass is 10.0. The van der Waals surface area contributed by atoms with E-state index in [0.29, 0.717) is 62.1 Å². The molecule has 0 radical (unpaired) electrons. The molecule has 0 heterocycles. The summed E-state index contributed by atoms with van der Waals surface area (Å²) in [5, 5.41) is 0. The zero-order valence-corrected chi connectivity index (χ0v) is 57.6. The highest BCUT2D eigenvalue weighted by Gasteiger charge is 2.46. The van der Waals surface area contributed by atoms with Gasteiger partial charge < -0.3 is 23.2 Å². The molecule has 0 spiro atoms. The summed E-state index contributed by atoms with van der Waals surface area (Å²) < 4.78 is 54.2. The number of benzene rings is 6. The van der Waals surface area contributed by atoms with Gasteiger partial charge in [0.2, 0.25) is 54.6 Å². The Morgan fingerprint density at radius 1 is 0.284 bits per heavy atom. The average Bonchev–Trinajstić information content (AvgIpc) is 1.95. The van der Waals surface area contributed by atoms with Crippen molar-refractivity contribution in [3.8, 4) is 0 Å². The summed E-state index contributed by atoms with van der Waals surface area (Å²) >= 11 is 0. The maximum atomic E-state index is 14.8. The van der Waals surface area contributed by atoms with Crippen LogP contribution >= 0.6 is 21.4 Å². The highest BCUT2D eigenvalue weighted by molar-refractivity contribution is 7.96. The molecule has 6 rings (SSSR count). The SMILES string of the molecule is CCCCP(=O)(C(=O)c1c(C)cc(C)cc1C)C(=O)c1c(C)cc(C)cc1C.Cc1cc(C)c(C(=O)P(=O)(CCC(=O)OCCOC(=O)CCP(=O)(C(=O)c2c(C)cc(C)cc2C)C(=O)c2c(C)cc(C)cc2C)C(=O)c2c(C)cc(C)cc2C)c(C)c1. The third-order valence-corrected chi connectivity index (χ3v) is 23.9. The molecule has 0 saturated carbocycles. The van der Waals surface area contributed by atoms with Crippen molar-refractivity contribution in [1.29, 1.82) is 0 Å². The Balaban J connectivity index is 0.000000419. The maximum absolute atomic E-state index is 14.8. The predicted octanol–water partition coefficient (Wildman–Crippen LogP) is 17.3. The van der Waals surface area contributed by atoms with Crippen molar-refractivity contribution in [2.24, 2.45) is 0 Å². The Morgan fingerprint density at radius 3 is 0.602 bits per heavy atom. The van der Waals surface area contributed by atoms with Gasteiger partial charge in [0.25, 0.3) is 0 Å². The lowest BCUT2D eigenvalue weighted by Crippen LogP contribution is -2.21. The normalized spacial score (nSPS) is 11.6. The molecule has 13 nitrogen and oxygen atoms in total. The maximum Gasteiger partial charge on any atom is 0.306 e. The van der Waals surface area contributed by atoms with E-state index in [1.54, 1.807) is 104 Å². The number of aryl methyl sites for hydroxylation is 18. The summed E-state index contributed by atoms with van der Waals surface area (Å²) in [6, 6.07) is 21.9. The van der Waals surface area contributed by atoms with Gasteiger partial charge in [0.1, 0.15) is 13.2 Å². The molecule has 16 heteroatoms. The van der Waals surface area contributed by atoms with E-state index in [4.69, 9.17) is 9.47 Å². The molecule has 6 aromatic carbocycles. The van der Waals surface area contributed by atoms with Crippen LogP contribution in [0.25, 0.3) is 0 Å². The summed E-state index contributed by atoms with van der Waals surface area (Å²) in [6.07, 6.45) is -0.703. The minimum Gasteiger partial charge on any atom is -0.462 e. The molecule has 0 bridgehead atoms. The van der Waals surface area contributed by atoms with Crippen LogP contribution in [-0.4, -0.2) is 76.8 Å². The van der Waals surface area contributed by atoms with Crippen LogP contribution in [0.5, 0.6) is 0 Å². The van der Waals surface area contributed by atoms with E-state index >= 15 is 0 Å². The van der Waals surface area contributed by atoms with Crippen molar-refractivity contribution in [3.63, 3.8) is 0 Å². The van der Waals surface area contributed by atoms with Gasteiger partial charge in [0.15, 0.2) is 0 Å². The summed E-state index contributed by atoms with van der Waals surface area (Å²) in [5.41, 5.74) is 10.7. The molecule has 0 fully saturated rings. The van der Waals surface area contributed by atoms with Crippen molar-refractivity contribution < 1.29 is 61.5 Å². The lowest BCUT2D eigenvalue weighted by molar-refractivity contribution is -0.151. The van der Waals surface area contributed by atoms with Gasteiger partial charge in [-0.3, -0.25) is 38.4 Å². The minimum absolute atomic E-state index is 0.126. The second kappa shape index (κ2) is 29.5. The van der Waals surface area contributed by atoms with Crippen LogP contribution in [0.4, 0.5) is 0 Å². The van der Waals surface area contributed by atoms with Crippen LogP contribution in [0.15, 0.2) is 72.8 Å². The minimum atomic E-state index is -4.44. The molecule has 0 unspecified atom stereocenters. The zero-order valence-electron chi connectivity index (χ0n) is 54.9. The second-order valence-corrected chi connectivity index (χ2v) is 32.4. The van der Waals surface area contributed by atoms with Gasteiger partial charge in [0, 0.05) is 51.9 Å². The second-order valence-electron chi connectivity index (χ2n) is 24.2. The number of ether oxygens (including phenoxy) is 2. The van der Waals surface area contributed by atoms with Crippen LogP contribution in [0.3, 0.4) is 0 Å². The first kappa shape index (κ1) is 71.7. The molecule has 0 atom stereocenters. The number of rotatable bonds is 24. The number of hydrogen-bond acceptors (Lipinski definition) is 13. The highest BCUT2D eigenvalue weighted by Crippen LogP contribution is 2.57. The number of unbranched alkanes of at least 4 members (excludes halogenated alkanes) is 1. The molecular formula is C72H87O13P3. The number of hydrogen-bond donors (Lipinski definition) is 0. The molecule has 0 N–H and O–H groups in total. The van der Waals surface area contributed by atoms with Crippen LogP contribution in [0, 0.1) is 125 Å². The van der Waals surface area contributed by atoms with Crippen LogP contribution < -0.4 is 0 Å². The molecule has 468 valence electrons. The molecule has 0 aliphatic carbocycles. The quantitative estimate of drug-likeness (QED) is 0.0314. The van der Waals surface area contributed by atoms with Gasteiger partial charge in [-0.15, -0.1) is 0 Å². The first-order chi connectivity index (χ1) is 40.9. The van der Waals surface area contributed by atoms with Gasteiger partial charge in [-0.1, -0.05) is 120 Å². The molecule has 0 aromatic heterocycles. The van der Waals surface area contributed by atoms with E-state index in [2.05, 4.69) is 0 Å². The molecule has 88 heavy (non-hydrogen) atoms. The molecule has 0 aliphatic heterocycles. The largest absolute Gasteiger partial charge is 0.462 e. The van der Waals surface area contributed by atoms with Gasteiger partial charge in [-0.2, -0.15) is 0 Å². The molecule has 0 amide bonds. The van der Waals surface area contributed by atoms with Crippen LogP contribution in [0.1, 0.15) is 195 Å². The van der Waals surface area contributed by atoms with E-state index in [9.17, 15) is 52.1 Å².